The van der Waals surface area contributed by atoms with Gasteiger partial charge >= 0.3 is 12.1 Å². The Morgan fingerprint density at radius 3 is 2.31 bits per heavy atom. The van der Waals surface area contributed by atoms with Crippen molar-refractivity contribution in [3.05, 3.63) is 53.1 Å². The average molecular weight is 449 g/mol. The van der Waals surface area contributed by atoms with E-state index in [-0.39, 0.29) is 5.92 Å². The lowest BCUT2D eigenvalue weighted by atomic mass is 9.61. The summed E-state index contributed by atoms with van der Waals surface area (Å²) in [6.45, 7) is 0. The molecule has 0 spiro atoms. The third kappa shape index (κ3) is 3.27. The first-order valence-electron chi connectivity index (χ1n) is 10.6. The molecule has 2 aliphatic rings. The standard InChI is InChI=1S/C24H26F3NO4/c1-30-17-13-15-18(21(32-3)20(17)31-2)23(14-9-5-4-6-10-14)12-8-7-11-16(23)19(15)28-22(29)24(25,26)27/h4-6,9-10,13,16,19H,7-8,11-12H2,1-3H3,(H,28,29)/t16-,19+,23+/m0/s1. The lowest BCUT2D eigenvalue weighted by molar-refractivity contribution is -0.175. The van der Waals surface area contributed by atoms with Gasteiger partial charge in [0, 0.05) is 11.0 Å². The molecule has 0 aromatic heterocycles. The van der Waals surface area contributed by atoms with Gasteiger partial charge in [-0.2, -0.15) is 13.2 Å². The maximum Gasteiger partial charge on any atom is 0.471 e. The van der Waals surface area contributed by atoms with E-state index in [2.05, 4.69) is 5.32 Å². The quantitative estimate of drug-likeness (QED) is 0.704. The highest BCUT2D eigenvalue weighted by Gasteiger charge is 2.57. The highest BCUT2D eigenvalue weighted by Crippen LogP contribution is 2.64. The minimum absolute atomic E-state index is 0.273. The molecule has 1 fully saturated rings. The average Bonchev–Trinajstić information content (AvgIpc) is 3.08. The Morgan fingerprint density at radius 1 is 1.03 bits per heavy atom. The predicted octanol–water partition coefficient (Wildman–Crippen LogP) is 4.92. The lowest BCUT2D eigenvalue weighted by Crippen LogP contribution is -2.44. The molecule has 0 heterocycles. The van der Waals surface area contributed by atoms with Crippen LogP contribution in [0.1, 0.15) is 48.4 Å². The fraction of sp³-hybridized carbons (Fsp3) is 0.458. The van der Waals surface area contributed by atoms with Crippen LogP contribution in [0.3, 0.4) is 0 Å². The number of alkyl halides is 3. The van der Waals surface area contributed by atoms with Crippen LogP contribution in [0.2, 0.25) is 0 Å². The Kier molecular flexibility index (Phi) is 5.73. The van der Waals surface area contributed by atoms with E-state index in [0.717, 1.165) is 30.4 Å². The van der Waals surface area contributed by atoms with Gasteiger partial charge in [0.1, 0.15) is 0 Å². The van der Waals surface area contributed by atoms with Gasteiger partial charge in [-0.05, 0) is 36.0 Å². The number of rotatable bonds is 5. The Balaban J connectivity index is 2.03. The molecule has 5 nitrogen and oxygen atoms in total. The first-order chi connectivity index (χ1) is 15.3. The molecule has 32 heavy (non-hydrogen) atoms. The monoisotopic (exact) mass is 449 g/mol. The fourth-order valence-corrected chi connectivity index (χ4v) is 5.70. The zero-order valence-electron chi connectivity index (χ0n) is 18.2. The molecule has 172 valence electrons. The molecule has 4 rings (SSSR count). The van der Waals surface area contributed by atoms with E-state index < -0.39 is 23.5 Å². The van der Waals surface area contributed by atoms with Crippen molar-refractivity contribution in [1.82, 2.24) is 5.32 Å². The number of ether oxygens (including phenoxy) is 3. The van der Waals surface area contributed by atoms with E-state index in [1.165, 1.54) is 21.3 Å². The number of nitrogens with one attached hydrogen (secondary N) is 1. The summed E-state index contributed by atoms with van der Waals surface area (Å²) in [7, 11) is 4.47. The molecular formula is C24H26F3NO4. The Bertz CT molecular complexity index is 1010. The predicted molar refractivity (Wildman–Crippen MR) is 112 cm³/mol. The van der Waals surface area contributed by atoms with Crippen LogP contribution in [-0.2, 0) is 10.2 Å². The molecule has 0 bridgehead atoms. The second-order valence-corrected chi connectivity index (χ2v) is 8.25. The summed E-state index contributed by atoms with van der Waals surface area (Å²) >= 11 is 0. The van der Waals surface area contributed by atoms with Crippen LogP contribution in [0.4, 0.5) is 13.2 Å². The lowest BCUT2D eigenvalue weighted by Gasteiger charge is -2.43. The minimum atomic E-state index is -4.98. The Labute approximate surface area is 184 Å². The normalized spacial score (nSPS) is 24.3. The molecule has 2 aliphatic carbocycles. The zero-order chi connectivity index (χ0) is 23.1. The molecule has 3 atom stereocenters. The Morgan fingerprint density at radius 2 is 1.72 bits per heavy atom. The van der Waals surface area contributed by atoms with Crippen molar-refractivity contribution in [2.45, 2.75) is 43.3 Å². The number of benzene rings is 2. The molecule has 1 saturated carbocycles. The molecule has 0 saturated heterocycles. The third-order valence-corrected chi connectivity index (χ3v) is 6.85. The zero-order valence-corrected chi connectivity index (χ0v) is 18.2. The van der Waals surface area contributed by atoms with E-state index >= 15 is 0 Å². The highest BCUT2D eigenvalue weighted by atomic mass is 19.4. The van der Waals surface area contributed by atoms with Gasteiger partial charge in [-0.1, -0.05) is 43.2 Å². The van der Waals surface area contributed by atoms with Crippen LogP contribution in [0.25, 0.3) is 0 Å². The van der Waals surface area contributed by atoms with Gasteiger partial charge in [0.05, 0.1) is 27.4 Å². The Hall–Kier alpha value is -2.90. The number of carbonyl (C=O) groups is 1. The highest BCUT2D eigenvalue weighted by molar-refractivity contribution is 5.83. The summed E-state index contributed by atoms with van der Waals surface area (Å²) in [5.41, 5.74) is 1.71. The van der Waals surface area contributed by atoms with Gasteiger partial charge in [-0.15, -0.1) is 0 Å². The molecule has 2 aromatic rings. The molecule has 1 amide bonds. The van der Waals surface area contributed by atoms with Crippen molar-refractivity contribution in [2.75, 3.05) is 21.3 Å². The number of amides is 1. The molecule has 8 heteroatoms. The molecule has 1 N–H and O–H groups in total. The van der Waals surface area contributed by atoms with Gasteiger partial charge in [0.25, 0.3) is 0 Å². The van der Waals surface area contributed by atoms with Gasteiger partial charge in [-0.3, -0.25) is 4.79 Å². The SMILES string of the molecule is COc1cc2c(c(OC)c1OC)[C@@]1(c3ccccc3)CCCC[C@H]1[C@@H]2NC(=O)C(F)(F)F. The van der Waals surface area contributed by atoms with Crippen molar-refractivity contribution in [3.63, 3.8) is 0 Å². The summed E-state index contributed by atoms with van der Waals surface area (Å²) in [5.74, 6) is -1.06. The van der Waals surface area contributed by atoms with E-state index in [1.54, 1.807) is 6.07 Å². The van der Waals surface area contributed by atoms with Crippen molar-refractivity contribution in [2.24, 2.45) is 5.92 Å². The number of fused-ring (bicyclic) bond motifs is 3. The van der Waals surface area contributed by atoms with Crippen molar-refractivity contribution in [1.29, 1.82) is 0 Å². The van der Waals surface area contributed by atoms with Crippen LogP contribution in [-0.4, -0.2) is 33.4 Å². The maximum absolute atomic E-state index is 13.2. The van der Waals surface area contributed by atoms with Crippen molar-refractivity contribution in [3.8, 4) is 17.2 Å². The van der Waals surface area contributed by atoms with E-state index in [4.69, 9.17) is 14.2 Å². The first kappa shape index (κ1) is 22.3. The summed E-state index contributed by atoms with van der Waals surface area (Å²) in [4.78, 5) is 12.1. The van der Waals surface area contributed by atoms with Gasteiger partial charge < -0.3 is 19.5 Å². The molecule has 2 aromatic carbocycles. The maximum atomic E-state index is 13.2. The topological polar surface area (TPSA) is 56.8 Å². The summed E-state index contributed by atoms with van der Waals surface area (Å²) in [6, 6.07) is 10.6. The number of halogens is 3. The summed E-state index contributed by atoms with van der Waals surface area (Å²) in [6.07, 6.45) is -1.82. The second-order valence-electron chi connectivity index (χ2n) is 8.25. The van der Waals surface area contributed by atoms with E-state index in [1.807, 2.05) is 30.3 Å². The smallest absolute Gasteiger partial charge is 0.471 e. The van der Waals surface area contributed by atoms with Gasteiger partial charge in [0.15, 0.2) is 11.5 Å². The van der Waals surface area contributed by atoms with E-state index in [0.29, 0.717) is 29.2 Å². The van der Waals surface area contributed by atoms with Crippen LogP contribution in [0, 0.1) is 5.92 Å². The number of hydrogen-bond acceptors (Lipinski definition) is 4. The number of carbonyl (C=O) groups excluding carboxylic acids is 1. The summed E-state index contributed by atoms with van der Waals surface area (Å²) in [5, 5.41) is 2.29. The van der Waals surface area contributed by atoms with Crippen LogP contribution in [0.5, 0.6) is 17.2 Å². The molecule has 0 aliphatic heterocycles. The molecule has 0 radical (unpaired) electrons. The summed E-state index contributed by atoms with van der Waals surface area (Å²) < 4.78 is 56.6. The van der Waals surface area contributed by atoms with E-state index in [9.17, 15) is 18.0 Å². The molecule has 0 unspecified atom stereocenters. The van der Waals surface area contributed by atoms with Crippen LogP contribution >= 0.6 is 0 Å². The third-order valence-electron chi connectivity index (χ3n) is 6.85. The minimum Gasteiger partial charge on any atom is -0.493 e. The largest absolute Gasteiger partial charge is 0.493 e. The molecular weight excluding hydrogens is 423 g/mol. The second kappa shape index (κ2) is 8.22. The first-order valence-corrected chi connectivity index (χ1v) is 10.6. The van der Waals surface area contributed by atoms with Gasteiger partial charge in [0.2, 0.25) is 5.75 Å². The number of methoxy groups -OCH3 is 3. The van der Waals surface area contributed by atoms with Gasteiger partial charge in [-0.25, -0.2) is 0 Å². The fourth-order valence-electron chi connectivity index (χ4n) is 5.70. The van der Waals surface area contributed by atoms with Crippen molar-refractivity contribution < 1.29 is 32.2 Å². The van der Waals surface area contributed by atoms with Crippen molar-refractivity contribution >= 4 is 5.91 Å². The number of hydrogen-bond donors (Lipinski definition) is 1. The van der Waals surface area contributed by atoms with Crippen LogP contribution < -0.4 is 19.5 Å². The van der Waals surface area contributed by atoms with Crippen LogP contribution in [0.15, 0.2) is 36.4 Å².